The fourth-order valence-electron chi connectivity index (χ4n) is 7.26. The lowest BCUT2D eigenvalue weighted by Crippen LogP contribution is -2.00. The Bertz CT molecular complexity index is 3110. The Morgan fingerprint density at radius 2 is 1.04 bits per heavy atom. The minimum atomic E-state index is 0.548. The Morgan fingerprint density at radius 3 is 1.78 bits per heavy atom. The van der Waals surface area contributed by atoms with Gasteiger partial charge < -0.3 is 8.98 Å². The highest BCUT2D eigenvalue weighted by Gasteiger charge is 2.17. The Hall–Kier alpha value is -7.29. The zero-order valence-corrected chi connectivity index (χ0v) is 30.0. The number of fused-ring (bicyclic) bond motifs is 5. The average molecular weight is 725 g/mol. The molecule has 0 bridgehead atoms. The van der Waals surface area contributed by atoms with Crippen LogP contribution in [0.2, 0.25) is 0 Å². The van der Waals surface area contributed by atoms with Gasteiger partial charge in [0.2, 0.25) is 5.89 Å². The first kappa shape index (κ1) is 31.3. The second-order valence-electron chi connectivity index (χ2n) is 13.4. The minimum absolute atomic E-state index is 0.548. The summed E-state index contributed by atoms with van der Waals surface area (Å²) in [6, 6.07) is 57.8. The van der Waals surface area contributed by atoms with E-state index in [0.29, 0.717) is 28.9 Å². The standard InChI is InChI=1S/C47H28N6OS/c1-3-11-29(12-4-1)43-50-44(30-13-5-2-6-14-30)52-45(51-43)32-22-26-41-38(28-32)48-46(54-41)31-19-23-34(24-20-31)53-39-17-9-7-15-35(39)36-27-33(21-25-40(36)53)47-49-37-16-8-10-18-42(37)55-47/h1-28H. The van der Waals surface area contributed by atoms with Gasteiger partial charge in [-0.3, -0.25) is 0 Å². The van der Waals surface area contributed by atoms with E-state index in [0.717, 1.165) is 60.6 Å². The number of benzene rings is 7. The Labute approximate surface area is 318 Å². The molecule has 0 aliphatic heterocycles. The second-order valence-corrected chi connectivity index (χ2v) is 14.4. The van der Waals surface area contributed by atoms with Crippen LogP contribution in [0.3, 0.4) is 0 Å². The lowest BCUT2D eigenvalue weighted by molar-refractivity contribution is 0.620. The molecular weight excluding hydrogens is 697 g/mol. The van der Waals surface area contributed by atoms with Crippen molar-refractivity contribution in [2.24, 2.45) is 0 Å². The van der Waals surface area contributed by atoms with Crippen LogP contribution in [0.5, 0.6) is 0 Å². The molecule has 0 spiro atoms. The van der Waals surface area contributed by atoms with E-state index >= 15 is 0 Å². The van der Waals surface area contributed by atoms with E-state index in [9.17, 15) is 0 Å². The third kappa shape index (κ3) is 5.47. The smallest absolute Gasteiger partial charge is 0.227 e. The van der Waals surface area contributed by atoms with E-state index in [1.165, 1.54) is 15.5 Å². The lowest BCUT2D eigenvalue weighted by Gasteiger charge is -2.08. The van der Waals surface area contributed by atoms with Crippen molar-refractivity contribution in [1.82, 2.24) is 29.5 Å². The van der Waals surface area contributed by atoms with Crippen LogP contribution in [0, 0.1) is 0 Å². The predicted octanol–water partition coefficient (Wildman–Crippen LogP) is 12.1. The fraction of sp³-hybridized carbons (Fsp3) is 0. The maximum atomic E-state index is 6.30. The first-order chi connectivity index (χ1) is 27.2. The molecule has 11 aromatic rings. The van der Waals surface area contributed by atoms with Crippen molar-refractivity contribution in [1.29, 1.82) is 0 Å². The Kier molecular flexibility index (Phi) is 7.21. The van der Waals surface area contributed by atoms with E-state index in [1.807, 2.05) is 84.9 Å². The molecule has 258 valence electrons. The summed E-state index contributed by atoms with van der Waals surface area (Å²) in [5.41, 5.74) is 10.5. The van der Waals surface area contributed by atoms with E-state index in [4.69, 9.17) is 29.3 Å². The number of hydrogen-bond acceptors (Lipinski definition) is 7. The first-order valence-corrected chi connectivity index (χ1v) is 18.8. The number of aromatic nitrogens is 6. The molecule has 0 aliphatic rings. The molecule has 4 aromatic heterocycles. The second kappa shape index (κ2) is 12.7. The zero-order chi connectivity index (χ0) is 36.3. The molecule has 8 heteroatoms. The number of hydrogen-bond donors (Lipinski definition) is 0. The van der Waals surface area contributed by atoms with Crippen molar-refractivity contribution in [3.8, 4) is 61.9 Å². The van der Waals surface area contributed by atoms with E-state index in [1.54, 1.807) is 11.3 Å². The molecular formula is C47H28N6OS. The monoisotopic (exact) mass is 724 g/mol. The van der Waals surface area contributed by atoms with Crippen molar-refractivity contribution in [2.75, 3.05) is 0 Å². The van der Waals surface area contributed by atoms with Gasteiger partial charge in [-0.2, -0.15) is 0 Å². The van der Waals surface area contributed by atoms with E-state index in [-0.39, 0.29) is 0 Å². The molecule has 0 saturated carbocycles. The largest absolute Gasteiger partial charge is 0.436 e. The number of nitrogens with zero attached hydrogens (tertiary/aromatic N) is 6. The van der Waals surface area contributed by atoms with Gasteiger partial charge >= 0.3 is 0 Å². The Morgan fingerprint density at radius 1 is 0.418 bits per heavy atom. The van der Waals surface area contributed by atoms with Crippen molar-refractivity contribution in [2.45, 2.75) is 0 Å². The maximum absolute atomic E-state index is 6.30. The van der Waals surface area contributed by atoms with Gasteiger partial charge in [0.05, 0.1) is 21.3 Å². The van der Waals surface area contributed by atoms with Gasteiger partial charge in [-0.15, -0.1) is 11.3 Å². The van der Waals surface area contributed by atoms with Crippen molar-refractivity contribution < 1.29 is 4.42 Å². The third-order valence-corrected chi connectivity index (χ3v) is 11.0. The van der Waals surface area contributed by atoms with Gasteiger partial charge in [-0.05, 0) is 78.9 Å². The van der Waals surface area contributed by atoms with Crippen LogP contribution in [0.15, 0.2) is 174 Å². The summed E-state index contributed by atoms with van der Waals surface area (Å²) < 4.78 is 9.81. The highest BCUT2D eigenvalue weighted by molar-refractivity contribution is 7.21. The molecule has 7 aromatic carbocycles. The van der Waals surface area contributed by atoms with Crippen LogP contribution in [0.25, 0.3) is 105 Å². The van der Waals surface area contributed by atoms with Crippen LogP contribution < -0.4 is 0 Å². The van der Waals surface area contributed by atoms with Crippen molar-refractivity contribution >= 4 is 54.5 Å². The summed E-state index contributed by atoms with van der Waals surface area (Å²) >= 11 is 1.73. The summed E-state index contributed by atoms with van der Waals surface area (Å²) in [6.07, 6.45) is 0. The summed E-state index contributed by atoms with van der Waals surface area (Å²) in [5, 5.41) is 3.41. The number of rotatable bonds is 6. The molecule has 0 radical (unpaired) electrons. The fourth-order valence-corrected chi connectivity index (χ4v) is 8.22. The van der Waals surface area contributed by atoms with Gasteiger partial charge in [-0.25, -0.2) is 24.9 Å². The molecule has 0 amide bonds. The van der Waals surface area contributed by atoms with Crippen molar-refractivity contribution in [3.05, 3.63) is 170 Å². The first-order valence-electron chi connectivity index (χ1n) is 18.0. The molecule has 55 heavy (non-hydrogen) atoms. The molecule has 0 unspecified atom stereocenters. The molecule has 0 fully saturated rings. The van der Waals surface area contributed by atoms with Crippen molar-refractivity contribution in [3.63, 3.8) is 0 Å². The van der Waals surface area contributed by atoms with Crippen LogP contribution >= 0.6 is 11.3 Å². The normalized spacial score (nSPS) is 11.6. The highest BCUT2D eigenvalue weighted by Crippen LogP contribution is 2.38. The highest BCUT2D eigenvalue weighted by atomic mass is 32.1. The summed E-state index contributed by atoms with van der Waals surface area (Å²) in [7, 11) is 0. The summed E-state index contributed by atoms with van der Waals surface area (Å²) in [4.78, 5) is 24.5. The average Bonchev–Trinajstić information content (AvgIpc) is 3.98. The SMILES string of the molecule is c1ccc(-c2nc(-c3ccccc3)nc(-c3ccc4oc(-c5ccc(-n6c7ccccc7c7cc(-c8nc9ccccc9s8)ccc76)cc5)nc4c3)n2)cc1. The topological polar surface area (TPSA) is 82.5 Å². The molecule has 0 atom stereocenters. The van der Waals surface area contributed by atoms with Crippen LogP contribution in [-0.4, -0.2) is 29.5 Å². The zero-order valence-electron chi connectivity index (χ0n) is 29.2. The maximum Gasteiger partial charge on any atom is 0.227 e. The number of thiazole rings is 1. The summed E-state index contributed by atoms with van der Waals surface area (Å²) in [5.74, 6) is 2.35. The van der Waals surface area contributed by atoms with Gasteiger partial charge in [0, 0.05) is 44.3 Å². The molecule has 0 saturated heterocycles. The van der Waals surface area contributed by atoms with E-state index in [2.05, 4.69) is 89.5 Å². The number of oxazole rings is 1. The molecule has 7 nitrogen and oxygen atoms in total. The van der Waals surface area contributed by atoms with Gasteiger partial charge in [0.1, 0.15) is 10.5 Å². The molecule has 0 N–H and O–H groups in total. The summed E-state index contributed by atoms with van der Waals surface area (Å²) in [6.45, 7) is 0. The van der Waals surface area contributed by atoms with E-state index < -0.39 is 0 Å². The van der Waals surface area contributed by atoms with Crippen LogP contribution in [-0.2, 0) is 0 Å². The quantitative estimate of drug-likeness (QED) is 0.170. The molecule has 0 aliphatic carbocycles. The lowest BCUT2D eigenvalue weighted by atomic mass is 10.1. The minimum Gasteiger partial charge on any atom is -0.436 e. The van der Waals surface area contributed by atoms with Gasteiger partial charge in [0.25, 0.3) is 0 Å². The molecule has 4 heterocycles. The number of para-hydroxylation sites is 2. The van der Waals surface area contributed by atoms with Crippen LogP contribution in [0.4, 0.5) is 0 Å². The van der Waals surface area contributed by atoms with Gasteiger partial charge in [-0.1, -0.05) is 91.0 Å². The molecule has 11 rings (SSSR count). The third-order valence-electron chi connectivity index (χ3n) is 9.93. The van der Waals surface area contributed by atoms with Crippen LogP contribution in [0.1, 0.15) is 0 Å². The van der Waals surface area contributed by atoms with Gasteiger partial charge in [0.15, 0.2) is 23.1 Å². The Balaban J connectivity index is 0.947. The predicted molar refractivity (Wildman–Crippen MR) is 222 cm³/mol.